The Hall–Kier alpha value is -4.80. The molecule has 4 aromatic carbocycles. The van der Waals surface area contributed by atoms with E-state index in [-0.39, 0.29) is 11.8 Å². The second kappa shape index (κ2) is 7.96. The minimum Gasteiger partial charge on any atom is -0.172 e. The average molecular weight is 435 g/mol. The predicted molar refractivity (Wildman–Crippen MR) is 132 cm³/mol. The molecule has 2 aliphatic rings. The molecule has 0 bridgehead atoms. The lowest BCUT2D eigenvalue weighted by Gasteiger charge is -2.39. The van der Waals surface area contributed by atoms with Crippen LogP contribution in [-0.2, 0) is 0 Å². The van der Waals surface area contributed by atoms with Crippen molar-refractivity contribution in [2.24, 2.45) is 9.98 Å². The zero-order chi connectivity index (χ0) is 23.1. The van der Waals surface area contributed by atoms with Crippen LogP contribution in [0.25, 0.3) is 0 Å². The summed E-state index contributed by atoms with van der Waals surface area (Å²) in [5.74, 6) is 0.0203. The summed E-state index contributed by atoms with van der Waals surface area (Å²) in [5.41, 5.74) is 9.95. The zero-order valence-corrected chi connectivity index (χ0v) is 18.2. The van der Waals surface area contributed by atoms with Gasteiger partial charge in [0.25, 0.3) is 0 Å². The first-order valence-corrected chi connectivity index (χ1v) is 11.1. The highest BCUT2D eigenvalue weighted by atomic mass is 14.8. The van der Waals surface area contributed by atoms with Crippen LogP contribution >= 0.6 is 0 Å². The molecule has 0 aliphatic heterocycles. The van der Waals surface area contributed by atoms with Crippen LogP contribution in [0.15, 0.2) is 107 Å². The van der Waals surface area contributed by atoms with Crippen molar-refractivity contribution in [2.45, 2.75) is 11.8 Å². The quantitative estimate of drug-likeness (QED) is 0.349. The summed E-state index contributed by atoms with van der Waals surface area (Å²) in [7, 11) is 0. The molecule has 0 fully saturated rings. The highest BCUT2D eigenvalue weighted by Crippen LogP contribution is 2.51. The number of fused-ring (bicyclic) bond motifs is 4. The molecule has 0 amide bonds. The van der Waals surface area contributed by atoms with Gasteiger partial charge in [-0.3, -0.25) is 0 Å². The first-order valence-electron chi connectivity index (χ1n) is 11.1. The lowest BCUT2D eigenvalue weighted by Crippen LogP contribution is -2.29. The molecule has 0 aromatic heterocycles. The monoisotopic (exact) mass is 434 g/mol. The number of nitrogens with zero attached hydrogens (tertiary/aromatic N) is 4. The summed E-state index contributed by atoms with van der Waals surface area (Å²) >= 11 is 0. The van der Waals surface area contributed by atoms with Gasteiger partial charge in [0.1, 0.15) is 0 Å². The minimum atomic E-state index is 0.0102. The third kappa shape index (κ3) is 2.83. The maximum atomic E-state index is 9.45. The van der Waals surface area contributed by atoms with E-state index in [1.54, 1.807) is 0 Å². The molecule has 0 spiro atoms. The van der Waals surface area contributed by atoms with Crippen LogP contribution in [0.3, 0.4) is 0 Å². The van der Waals surface area contributed by atoms with E-state index in [1.807, 2.05) is 60.9 Å². The van der Waals surface area contributed by atoms with Gasteiger partial charge in [-0.2, -0.15) is 20.5 Å². The molecule has 0 atom stereocenters. The Morgan fingerprint density at radius 3 is 0.971 bits per heavy atom. The summed E-state index contributed by atoms with van der Waals surface area (Å²) in [6.45, 7) is 0. The van der Waals surface area contributed by atoms with Crippen molar-refractivity contribution < 1.29 is 0 Å². The van der Waals surface area contributed by atoms with Crippen LogP contribution in [0.1, 0.15) is 56.3 Å². The van der Waals surface area contributed by atoms with Crippen molar-refractivity contribution in [1.29, 1.82) is 10.5 Å². The van der Waals surface area contributed by atoms with Gasteiger partial charge in [0.2, 0.25) is 12.4 Å². The number of hydrogen-bond acceptors (Lipinski definition) is 4. The van der Waals surface area contributed by atoms with Gasteiger partial charge in [-0.1, -0.05) is 97.1 Å². The Kier molecular flexibility index (Phi) is 4.65. The molecule has 4 heteroatoms. The number of aliphatic imine (C=N–C) groups is 2. The van der Waals surface area contributed by atoms with E-state index in [2.05, 4.69) is 58.5 Å². The number of benzene rings is 4. The van der Waals surface area contributed by atoms with Gasteiger partial charge in [0.15, 0.2) is 0 Å². The lowest BCUT2D eigenvalue weighted by atomic mass is 9.64. The van der Waals surface area contributed by atoms with Crippen LogP contribution in [0.2, 0.25) is 0 Å². The van der Waals surface area contributed by atoms with Crippen LogP contribution < -0.4 is 0 Å². The molecule has 4 aromatic rings. The summed E-state index contributed by atoms with van der Waals surface area (Å²) in [6.07, 6.45) is 4.01. The minimum absolute atomic E-state index is 0.0102. The van der Waals surface area contributed by atoms with E-state index in [1.165, 1.54) is 0 Å². The van der Waals surface area contributed by atoms with Gasteiger partial charge in [0, 0.05) is 34.1 Å². The van der Waals surface area contributed by atoms with Crippen molar-refractivity contribution in [3.63, 3.8) is 0 Å². The van der Waals surface area contributed by atoms with Crippen LogP contribution in [0, 0.1) is 22.9 Å². The summed E-state index contributed by atoms with van der Waals surface area (Å²) < 4.78 is 0. The van der Waals surface area contributed by atoms with Crippen molar-refractivity contribution in [3.8, 4) is 12.4 Å². The third-order valence-corrected chi connectivity index (χ3v) is 6.86. The topological polar surface area (TPSA) is 72.3 Å². The molecule has 34 heavy (non-hydrogen) atoms. The fourth-order valence-corrected chi connectivity index (χ4v) is 5.62. The molecular formula is C30H18N4. The Morgan fingerprint density at radius 2 is 0.706 bits per heavy atom. The molecule has 2 aliphatic carbocycles. The normalized spacial score (nSPS) is 17.2. The Morgan fingerprint density at radius 1 is 0.441 bits per heavy atom. The van der Waals surface area contributed by atoms with Gasteiger partial charge >= 0.3 is 0 Å². The largest absolute Gasteiger partial charge is 0.206 e. The van der Waals surface area contributed by atoms with Gasteiger partial charge in [-0.05, 0) is 22.3 Å². The van der Waals surface area contributed by atoms with E-state index in [4.69, 9.17) is 0 Å². The first kappa shape index (κ1) is 19.9. The maximum absolute atomic E-state index is 9.45. The fraction of sp³-hybridized carbons (Fsp3) is 0.0667. The van der Waals surface area contributed by atoms with Crippen LogP contribution in [-0.4, -0.2) is 11.4 Å². The Bertz CT molecular complexity index is 1380. The maximum Gasteiger partial charge on any atom is 0.206 e. The third-order valence-electron chi connectivity index (χ3n) is 6.86. The second-order valence-corrected chi connectivity index (χ2v) is 8.43. The van der Waals surface area contributed by atoms with Crippen molar-refractivity contribution in [1.82, 2.24) is 0 Å². The van der Waals surface area contributed by atoms with E-state index in [9.17, 15) is 10.5 Å². The standard InChI is InChI=1S/C30H18N4/c31-17-33-29-23-13-5-1-9-19(23)27(20-10-2-6-14-24(20)29)28-21-11-3-7-15-25(21)30(34-18-32)26-16-8-4-12-22(26)28/h1-16,27-28H. The van der Waals surface area contributed by atoms with E-state index < -0.39 is 0 Å². The van der Waals surface area contributed by atoms with Crippen LogP contribution in [0.5, 0.6) is 0 Å². The molecule has 4 nitrogen and oxygen atoms in total. The Balaban J connectivity index is 1.70. The van der Waals surface area contributed by atoms with E-state index >= 15 is 0 Å². The van der Waals surface area contributed by atoms with Crippen LogP contribution in [0.4, 0.5) is 0 Å². The van der Waals surface area contributed by atoms with Gasteiger partial charge in [0.05, 0.1) is 11.4 Å². The smallest absolute Gasteiger partial charge is 0.172 e. The molecule has 0 saturated heterocycles. The number of nitriles is 2. The predicted octanol–water partition coefficient (Wildman–Crippen LogP) is 5.91. The molecule has 0 N–H and O–H groups in total. The molecule has 0 unspecified atom stereocenters. The molecular weight excluding hydrogens is 416 g/mol. The van der Waals surface area contributed by atoms with E-state index in [0.717, 1.165) is 44.5 Å². The molecule has 0 heterocycles. The first-order chi connectivity index (χ1) is 16.8. The highest BCUT2D eigenvalue weighted by Gasteiger charge is 2.40. The Labute approximate surface area is 197 Å². The van der Waals surface area contributed by atoms with E-state index in [0.29, 0.717) is 11.4 Å². The highest BCUT2D eigenvalue weighted by molar-refractivity contribution is 6.18. The van der Waals surface area contributed by atoms with Gasteiger partial charge in [-0.25, -0.2) is 0 Å². The SMILES string of the molecule is N#CN=C1c2ccccc2C(C2c3ccccc3C(=NC#N)c3ccccc32)c2ccccc21. The van der Waals surface area contributed by atoms with Gasteiger partial charge in [-0.15, -0.1) is 0 Å². The van der Waals surface area contributed by atoms with Crippen molar-refractivity contribution in [3.05, 3.63) is 142 Å². The zero-order valence-electron chi connectivity index (χ0n) is 18.2. The molecule has 6 rings (SSSR count). The van der Waals surface area contributed by atoms with Crippen molar-refractivity contribution >= 4 is 11.4 Å². The van der Waals surface area contributed by atoms with Gasteiger partial charge < -0.3 is 0 Å². The number of hydrogen-bond donors (Lipinski definition) is 0. The summed E-state index contributed by atoms with van der Waals surface area (Å²) in [4.78, 5) is 8.48. The summed E-state index contributed by atoms with van der Waals surface area (Å²) in [6, 6.07) is 33.0. The molecule has 158 valence electrons. The second-order valence-electron chi connectivity index (χ2n) is 8.43. The van der Waals surface area contributed by atoms with Crippen molar-refractivity contribution in [2.75, 3.05) is 0 Å². The molecule has 0 radical (unpaired) electrons. The fourth-order valence-electron chi connectivity index (χ4n) is 5.62. The number of rotatable bonds is 1. The average Bonchev–Trinajstić information content (AvgIpc) is 2.89. The lowest BCUT2D eigenvalue weighted by molar-refractivity contribution is 0.681. The molecule has 0 saturated carbocycles. The summed E-state index contributed by atoms with van der Waals surface area (Å²) in [5, 5.41) is 18.9.